The van der Waals surface area contributed by atoms with Crippen molar-refractivity contribution in [2.75, 3.05) is 0 Å². The lowest BCUT2D eigenvalue weighted by atomic mass is 9.93. The van der Waals surface area contributed by atoms with Gasteiger partial charge in [0.1, 0.15) is 5.52 Å². The summed E-state index contributed by atoms with van der Waals surface area (Å²) in [6, 6.07) is 63.7. The molecule has 9 heteroatoms. The lowest BCUT2D eigenvalue weighted by molar-refractivity contribution is 0.643. The van der Waals surface area contributed by atoms with Gasteiger partial charge in [-0.3, -0.25) is 22.3 Å². The van der Waals surface area contributed by atoms with E-state index in [2.05, 4.69) is 180 Å². The van der Waals surface area contributed by atoms with Gasteiger partial charge in [0, 0.05) is 11.1 Å². The van der Waals surface area contributed by atoms with Crippen LogP contribution < -0.4 is 0 Å². The van der Waals surface area contributed by atoms with Crippen LogP contribution in [0.25, 0.3) is 117 Å². The van der Waals surface area contributed by atoms with Gasteiger partial charge < -0.3 is 4.42 Å². The number of fused-ring (bicyclic) bond motifs is 15. The normalized spacial score (nSPS) is 12.3. The van der Waals surface area contributed by atoms with E-state index in [1.807, 2.05) is 24.3 Å². The Bertz CT molecular complexity index is 4090. The SMILES string of the molecule is c1ccc(-c2cccc3c2nc2oc4ccccc4n23)c(-c2ccccc2-n2c3ccc(-n4c5ccccc5n5c6ccccc6nc45)cc3n3c4ccccc4nc23)c1. The minimum absolute atomic E-state index is 0.582. The zero-order valence-corrected chi connectivity index (χ0v) is 31.8. The molecule has 0 N–H and O–H groups in total. The molecule has 8 aromatic carbocycles. The fourth-order valence-corrected chi connectivity index (χ4v) is 9.64. The van der Waals surface area contributed by atoms with E-state index in [0.29, 0.717) is 5.84 Å². The molecule has 6 aromatic heterocycles. The van der Waals surface area contributed by atoms with E-state index >= 15 is 0 Å². The second kappa shape index (κ2) is 11.6. The highest BCUT2D eigenvalue weighted by molar-refractivity contribution is 6.02. The van der Waals surface area contributed by atoms with Gasteiger partial charge in [-0.2, -0.15) is 4.98 Å². The monoisotopic (exact) mass is 770 g/mol. The van der Waals surface area contributed by atoms with E-state index in [-0.39, 0.29) is 0 Å². The maximum absolute atomic E-state index is 6.24. The lowest BCUT2D eigenvalue weighted by Crippen LogP contribution is -1.99. The molecular weight excluding hydrogens is 741 g/mol. The Morgan fingerprint density at radius 1 is 0.350 bits per heavy atom. The average Bonchev–Trinajstić information content (AvgIpc) is 4.14. The summed E-state index contributed by atoms with van der Waals surface area (Å²) in [6.07, 6.45) is 0. The summed E-state index contributed by atoms with van der Waals surface area (Å²) in [5.74, 6) is 2.29. The fourth-order valence-electron chi connectivity index (χ4n) is 9.64. The van der Waals surface area contributed by atoms with Gasteiger partial charge in [0.25, 0.3) is 0 Å². The summed E-state index contributed by atoms with van der Waals surface area (Å²) >= 11 is 0. The predicted molar refractivity (Wildman–Crippen MR) is 240 cm³/mol. The number of imidazole rings is 5. The minimum Gasteiger partial charge on any atom is -0.423 e. The first kappa shape index (κ1) is 31.6. The van der Waals surface area contributed by atoms with E-state index in [4.69, 9.17) is 19.4 Å². The van der Waals surface area contributed by atoms with Gasteiger partial charge in [0.15, 0.2) is 5.58 Å². The highest BCUT2D eigenvalue weighted by Gasteiger charge is 2.24. The number of para-hydroxylation sites is 10. The molecule has 0 saturated heterocycles. The molecule has 0 unspecified atom stereocenters. The van der Waals surface area contributed by atoms with Crippen molar-refractivity contribution >= 4 is 83.7 Å². The Kier molecular flexibility index (Phi) is 6.11. The van der Waals surface area contributed by atoms with E-state index in [1.165, 1.54) is 0 Å². The fraction of sp³-hybridized carbons (Fsp3) is 0. The molecule has 9 nitrogen and oxygen atoms in total. The first-order valence-corrected chi connectivity index (χ1v) is 20.1. The first-order valence-electron chi connectivity index (χ1n) is 20.1. The number of nitrogens with zero attached hydrogens (tertiary/aromatic N) is 8. The summed E-state index contributed by atoms with van der Waals surface area (Å²) in [6.45, 7) is 0. The summed E-state index contributed by atoms with van der Waals surface area (Å²) < 4.78 is 17.5. The third-order valence-electron chi connectivity index (χ3n) is 12.2. The van der Waals surface area contributed by atoms with Crippen molar-refractivity contribution in [2.45, 2.75) is 0 Å². The summed E-state index contributed by atoms with van der Waals surface area (Å²) in [7, 11) is 0. The quantitative estimate of drug-likeness (QED) is 0.179. The van der Waals surface area contributed by atoms with Gasteiger partial charge in [0.2, 0.25) is 11.6 Å². The lowest BCUT2D eigenvalue weighted by Gasteiger charge is -2.16. The van der Waals surface area contributed by atoms with Gasteiger partial charge in [-0.05, 0) is 90.0 Å². The number of hydrogen-bond acceptors (Lipinski definition) is 4. The van der Waals surface area contributed by atoms with Crippen LogP contribution in [0.5, 0.6) is 0 Å². The molecule has 0 fully saturated rings. The van der Waals surface area contributed by atoms with Crippen LogP contribution in [0.3, 0.4) is 0 Å². The molecule has 280 valence electrons. The largest absolute Gasteiger partial charge is 0.423 e. The van der Waals surface area contributed by atoms with E-state index in [0.717, 1.165) is 111 Å². The van der Waals surface area contributed by atoms with Crippen molar-refractivity contribution in [3.8, 4) is 33.6 Å². The Balaban J connectivity index is 1.02. The van der Waals surface area contributed by atoms with Crippen LogP contribution in [-0.4, -0.2) is 37.3 Å². The molecule has 60 heavy (non-hydrogen) atoms. The van der Waals surface area contributed by atoms with Gasteiger partial charge in [-0.15, -0.1) is 0 Å². The number of aromatic nitrogens is 8. The molecular formula is C51H30N8O. The third-order valence-corrected chi connectivity index (χ3v) is 12.2. The first-order chi connectivity index (χ1) is 29.8. The molecule has 0 radical (unpaired) electrons. The molecule has 0 aliphatic carbocycles. The van der Waals surface area contributed by atoms with Crippen molar-refractivity contribution in [1.82, 2.24) is 37.3 Å². The molecule has 0 amide bonds. The Morgan fingerprint density at radius 3 is 1.68 bits per heavy atom. The standard InChI is InChI=1S/C51H30N8O/c1-2-15-33(35-17-13-26-45-48(35)54-51-59(45)44-25-11-12-27-47(44)60-51)32(14-1)34-16-3-6-20-38(34)56-43-29-28-31(30-46(43)58-40-22-8-5-19-37(40)53-50(56)58)55-41-23-9-10-24-42(41)57-39-21-7-4-18-36(39)52-49(55)57/h1-30H. The highest BCUT2D eigenvalue weighted by Crippen LogP contribution is 2.41. The van der Waals surface area contributed by atoms with Crippen LogP contribution in [-0.2, 0) is 0 Å². The second-order valence-electron chi connectivity index (χ2n) is 15.3. The molecule has 0 bridgehead atoms. The Hall–Kier alpha value is -8.43. The van der Waals surface area contributed by atoms with E-state index in [9.17, 15) is 0 Å². The summed E-state index contributed by atoms with van der Waals surface area (Å²) in [5, 5.41) is 0. The molecule has 0 saturated carbocycles. The van der Waals surface area contributed by atoms with Crippen LogP contribution in [0.4, 0.5) is 0 Å². The Morgan fingerprint density at radius 2 is 0.900 bits per heavy atom. The van der Waals surface area contributed by atoms with Crippen molar-refractivity contribution in [3.05, 3.63) is 182 Å². The van der Waals surface area contributed by atoms with Crippen molar-refractivity contribution in [3.63, 3.8) is 0 Å². The Labute approximate surface area is 339 Å². The molecule has 0 aliphatic heterocycles. The van der Waals surface area contributed by atoms with Crippen LogP contribution >= 0.6 is 0 Å². The molecule has 0 spiro atoms. The van der Waals surface area contributed by atoms with Crippen LogP contribution in [0, 0.1) is 0 Å². The minimum atomic E-state index is 0.582. The van der Waals surface area contributed by atoms with Crippen molar-refractivity contribution in [2.24, 2.45) is 0 Å². The maximum Gasteiger partial charge on any atom is 0.307 e. The van der Waals surface area contributed by atoms with Gasteiger partial charge >= 0.3 is 5.84 Å². The van der Waals surface area contributed by atoms with E-state index < -0.39 is 0 Å². The van der Waals surface area contributed by atoms with Crippen LogP contribution in [0.15, 0.2) is 186 Å². The smallest absolute Gasteiger partial charge is 0.307 e. The third kappa shape index (κ3) is 4.12. The zero-order chi connectivity index (χ0) is 39.1. The van der Waals surface area contributed by atoms with Gasteiger partial charge in [0.05, 0.1) is 66.5 Å². The predicted octanol–water partition coefficient (Wildman–Crippen LogP) is 12.1. The van der Waals surface area contributed by atoms with E-state index in [1.54, 1.807) is 0 Å². The van der Waals surface area contributed by atoms with Gasteiger partial charge in [-0.25, -0.2) is 9.97 Å². The van der Waals surface area contributed by atoms with Crippen molar-refractivity contribution in [1.29, 1.82) is 0 Å². The molecule has 14 aromatic rings. The number of benzene rings is 8. The van der Waals surface area contributed by atoms with Gasteiger partial charge in [-0.1, -0.05) is 103 Å². The number of oxazole rings is 1. The average molecular weight is 771 g/mol. The van der Waals surface area contributed by atoms with Crippen LogP contribution in [0.2, 0.25) is 0 Å². The molecule has 6 heterocycles. The number of hydrogen-bond donors (Lipinski definition) is 0. The molecule has 0 atom stereocenters. The second-order valence-corrected chi connectivity index (χ2v) is 15.3. The van der Waals surface area contributed by atoms with Crippen molar-refractivity contribution < 1.29 is 4.42 Å². The zero-order valence-electron chi connectivity index (χ0n) is 31.8. The summed E-state index contributed by atoms with van der Waals surface area (Å²) in [4.78, 5) is 15.6. The molecule has 14 rings (SSSR count). The summed E-state index contributed by atoms with van der Waals surface area (Å²) in [5.41, 5.74) is 18.4. The maximum atomic E-state index is 6.24. The highest BCUT2D eigenvalue weighted by atomic mass is 16.4. The molecule has 0 aliphatic rings. The topological polar surface area (TPSA) is 74.9 Å². The van der Waals surface area contributed by atoms with Crippen LogP contribution in [0.1, 0.15) is 0 Å². The number of rotatable bonds is 4.